The molecule has 2 rings (SSSR count). The van der Waals surface area contributed by atoms with Crippen LogP contribution in [0.2, 0.25) is 0 Å². The normalized spacial score (nSPS) is 10.7. The number of methoxy groups -OCH3 is 2. The zero-order valence-electron chi connectivity index (χ0n) is 17.7. The van der Waals surface area contributed by atoms with E-state index in [0.717, 1.165) is 10.0 Å². The molecule has 0 heterocycles. The number of carbonyl (C=O) groups is 2. The molecule has 0 atom stereocenters. The van der Waals surface area contributed by atoms with Crippen LogP contribution in [0.5, 0.6) is 11.5 Å². The van der Waals surface area contributed by atoms with Gasteiger partial charge in [0.2, 0.25) is 0 Å². The maximum absolute atomic E-state index is 12.5. The number of ether oxygens (including phenoxy) is 2. The highest BCUT2D eigenvalue weighted by Crippen LogP contribution is 2.37. The average Bonchev–Trinajstić information content (AvgIpc) is 2.78. The number of hydrogen-bond donors (Lipinski definition) is 2. The molecule has 0 aliphatic rings. The van der Waals surface area contributed by atoms with Gasteiger partial charge < -0.3 is 20.1 Å². The van der Waals surface area contributed by atoms with Crippen LogP contribution >= 0.6 is 15.9 Å². The van der Waals surface area contributed by atoms with E-state index in [4.69, 9.17) is 9.47 Å². The van der Waals surface area contributed by atoms with Crippen molar-refractivity contribution in [2.75, 3.05) is 26.1 Å². The summed E-state index contributed by atoms with van der Waals surface area (Å²) in [7, 11) is 3.14. The van der Waals surface area contributed by atoms with Gasteiger partial charge in [0.1, 0.15) is 0 Å². The van der Waals surface area contributed by atoms with Gasteiger partial charge in [-0.1, -0.05) is 34.1 Å². The molecule has 2 aromatic rings. The van der Waals surface area contributed by atoms with Crippen molar-refractivity contribution >= 4 is 33.4 Å². The highest BCUT2D eigenvalue weighted by atomic mass is 79.9. The molecule has 0 bridgehead atoms. The third-order valence-electron chi connectivity index (χ3n) is 4.96. The van der Waals surface area contributed by atoms with E-state index in [9.17, 15) is 9.59 Å². The first-order chi connectivity index (χ1) is 14.9. The monoisotopic (exact) mass is 486 g/mol. The first-order valence-corrected chi connectivity index (χ1v) is 10.5. The number of rotatable bonds is 10. The van der Waals surface area contributed by atoms with Crippen LogP contribution in [-0.2, 0) is 15.0 Å². The molecule has 0 fully saturated rings. The van der Waals surface area contributed by atoms with Gasteiger partial charge in [-0.3, -0.25) is 9.59 Å². The maximum Gasteiger partial charge on any atom is 0.313 e. The molecule has 0 unspecified atom stereocenters. The fraction of sp³-hybridized carbons (Fsp3) is 0.250. The number of allylic oxidation sites excluding steroid dienone is 2. The molecule has 164 valence electrons. The summed E-state index contributed by atoms with van der Waals surface area (Å²) >= 11 is 3.33. The Hall–Kier alpha value is -3.06. The van der Waals surface area contributed by atoms with Crippen molar-refractivity contribution in [2.24, 2.45) is 0 Å². The van der Waals surface area contributed by atoms with Gasteiger partial charge >= 0.3 is 11.8 Å². The number of anilines is 1. The summed E-state index contributed by atoms with van der Waals surface area (Å²) in [6.45, 7) is 7.95. The minimum atomic E-state index is -0.735. The van der Waals surface area contributed by atoms with Crippen LogP contribution in [0.1, 0.15) is 18.4 Å². The third-order valence-corrected chi connectivity index (χ3v) is 5.49. The minimum Gasteiger partial charge on any atom is -0.493 e. The molecule has 2 aromatic carbocycles. The molecule has 0 aliphatic carbocycles. The topological polar surface area (TPSA) is 76.7 Å². The van der Waals surface area contributed by atoms with Crippen LogP contribution in [0.15, 0.2) is 72.2 Å². The molecule has 31 heavy (non-hydrogen) atoms. The van der Waals surface area contributed by atoms with E-state index in [-0.39, 0.29) is 6.54 Å². The van der Waals surface area contributed by atoms with Crippen molar-refractivity contribution in [2.45, 2.75) is 18.3 Å². The lowest BCUT2D eigenvalue weighted by molar-refractivity contribution is -0.136. The summed E-state index contributed by atoms with van der Waals surface area (Å²) in [6, 6.07) is 12.6. The second-order valence-electron chi connectivity index (χ2n) is 6.98. The Balaban J connectivity index is 2.22. The Kier molecular flexibility index (Phi) is 8.88. The highest BCUT2D eigenvalue weighted by molar-refractivity contribution is 9.10. The second-order valence-corrected chi connectivity index (χ2v) is 7.90. The zero-order chi connectivity index (χ0) is 22.9. The summed E-state index contributed by atoms with van der Waals surface area (Å²) in [4.78, 5) is 24.8. The predicted molar refractivity (Wildman–Crippen MR) is 127 cm³/mol. The van der Waals surface area contributed by atoms with Crippen molar-refractivity contribution in [3.8, 4) is 11.5 Å². The highest BCUT2D eigenvalue weighted by Gasteiger charge is 2.32. The van der Waals surface area contributed by atoms with Gasteiger partial charge in [-0.25, -0.2) is 0 Å². The van der Waals surface area contributed by atoms with Crippen LogP contribution in [0.4, 0.5) is 5.69 Å². The Morgan fingerprint density at radius 1 is 0.968 bits per heavy atom. The molecule has 0 spiro atoms. The van der Waals surface area contributed by atoms with E-state index in [1.807, 2.05) is 18.2 Å². The second kappa shape index (κ2) is 11.4. The summed E-state index contributed by atoms with van der Waals surface area (Å²) < 4.78 is 11.6. The Morgan fingerprint density at radius 2 is 1.58 bits per heavy atom. The van der Waals surface area contributed by atoms with Gasteiger partial charge in [-0.15, -0.1) is 13.2 Å². The summed E-state index contributed by atoms with van der Waals surface area (Å²) in [5.74, 6) is -0.270. The van der Waals surface area contributed by atoms with Crippen LogP contribution in [0.25, 0.3) is 0 Å². The Morgan fingerprint density at radius 3 is 2.13 bits per heavy atom. The standard InChI is InChI=1S/C24H27BrN2O4/c1-5-13-24(14-6-2,17-7-12-20(30-3)21(15-17)31-4)16-26-22(28)23(29)27-19-10-8-18(25)9-11-19/h5-12,15H,1-2,13-14,16H2,3-4H3,(H,26,28)(H,27,29). The van der Waals surface area contributed by atoms with E-state index in [1.165, 1.54) is 0 Å². The summed E-state index contributed by atoms with van der Waals surface area (Å²) in [5, 5.41) is 5.35. The Bertz CT molecular complexity index is 931. The number of carbonyl (C=O) groups excluding carboxylic acids is 2. The smallest absolute Gasteiger partial charge is 0.313 e. The van der Waals surface area contributed by atoms with Crippen molar-refractivity contribution in [3.05, 3.63) is 77.8 Å². The molecule has 6 nitrogen and oxygen atoms in total. The molecular weight excluding hydrogens is 460 g/mol. The van der Waals surface area contributed by atoms with E-state index >= 15 is 0 Å². The van der Waals surface area contributed by atoms with Gasteiger partial charge in [-0.2, -0.15) is 0 Å². The summed E-state index contributed by atoms with van der Waals surface area (Å²) in [6.07, 6.45) is 4.69. The number of nitrogens with one attached hydrogen (secondary N) is 2. The number of benzene rings is 2. The number of hydrogen-bond acceptors (Lipinski definition) is 4. The number of amides is 2. The van der Waals surface area contributed by atoms with Crippen LogP contribution in [0.3, 0.4) is 0 Å². The molecular formula is C24H27BrN2O4. The fourth-order valence-electron chi connectivity index (χ4n) is 3.33. The van der Waals surface area contributed by atoms with Crippen molar-refractivity contribution in [3.63, 3.8) is 0 Å². The van der Waals surface area contributed by atoms with Gasteiger partial charge in [-0.05, 0) is 54.8 Å². The molecule has 0 saturated carbocycles. The van der Waals surface area contributed by atoms with Gasteiger partial charge in [0.15, 0.2) is 11.5 Å². The first-order valence-electron chi connectivity index (χ1n) is 9.68. The molecule has 7 heteroatoms. The molecule has 0 radical (unpaired) electrons. The van der Waals surface area contributed by atoms with E-state index < -0.39 is 17.2 Å². The lowest BCUT2D eigenvalue weighted by Gasteiger charge is -2.33. The molecule has 0 aliphatic heterocycles. The van der Waals surface area contributed by atoms with Crippen molar-refractivity contribution < 1.29 is 19.1 Å². The molecule has 2 amide bonds. The van der Waals surface area contributed by atoms with Gasteiger partial charge in [0, 0.05) is 22.1 Å². The average molecular weight is 487 g/mol. The lowest BCUT2D eigenvalue weighted by Crippen LogP contribution is -2.44. The maximum atomic E-state index is 12.5. The van der Waals surface area contributed by atoms with Crippen LogP contribution in [0, 0.1) is 0 Å². The van der Waals surface area contributed by atoms with Crippen LogP contribution < -0.4 is 20.1 Å². The van der Waals surface area contributed by atoms with Crippen LogP contribution in [-0.4, -0.2) is 32.6 Å². The molecule has 2 N–H and O–H groups in total. The molecule has 0 saturated heterocycles. The predicted octanol–water partition coefficient (Wildman–Crippen LogP) is 4.61. The Labute approximate surface area is 191 Å². The zero-order valence-corrected chi connectivity index (χ0v) is 19.3. The van der Waals surface area contributed by atoms with Gasteiger partial charge in [0.05, 0.1) is 14.2 Å². The quantitative estimate of drug-likeness (QED) is 0.379. The molecule has 0 aromatic heterocycles. The van der Waals surface area contributed by atoms with E-state index in [0.29, 0.717) is 30.0 Å². The fourth-order valence-corrected chi connectivity index (χ4v) is 3.60. The third kappa shape index (κ3) is 6.21. The minimum absolute atomic E-state index is 0.215. The van der Waals surface area contributed by atoms with E-state index in [1.54, 1.807) is 50.6 Å². The van der Waals surface area contributed by atoms with Gasteiger partial charge in [0.25, 0.3) is 0 Å². The van der Waals surface area contributed by atoms with E-state index in [2.05, 4.69) is 39.7 Å². The SMILES string of the molecule is C=CCC(CC=C)(CNC(=O)C(=O)Nc1ccc(Br)cc1)c1ccc(OC)c(OC)c1. The largest absolute Gasteiger partial charge is 0.493 e. The number of halogens is 1. The van der Waals surface area contributed by atoms with Crippen molar-refractivity contribution in [1.82, 2.24) is 5.32 Å². The lowest BCUT2D eigenvalue weighted by atomic mass is 9.74. The summed E-state index contributed by atoms with van der Waals surface area (Å²) in [5.41, 5.74) is 0.904. The first kappa shape index (κ1) is 24.2. The van der Waals surface area contributed by atoms with Crippen molar-refractivity contribution in [1.29, 1.82) is 0 Å².